The number of hydrogen-bond acceptors (Lipinski definition) is 3. The number of nitrogens with zero attached hydrogens (tertiary/aromatic N) is 2. The van der Waals surface area contributed by atoms with Gasteiger partial charge >= 0.3 is 0 Å². The van der Waals surface area contributed by atoms with Crippen LogP contribution in [-0.2, 0) is 6.54 Å². The largest absolute Gasteiger partial charge is 0.497 e. The minimum Gasteiger partial charge on any atom is -0.497 e. The maximum atomic E-state index is 5.94. The van der Waals surface area contributed by atoms with Gasteiger partial charge in [0, 0.05) is 23.9 Å². The molecular weight excluding hydrogens is 262 g/mol. The van der Waals surface area contributed by atoms with Crippen LogP contribution in [0.2, 0.25) is 0 Å². The zero-order chi connectivity index (χ0) is 15.0. The number of anilines is 1. The van der Waals surface area contributed by atoms with E-state index in [9.17, 15) is 0 Å². The number of aryl methyl sites for hydroxylation is 2. The Morgan fingerprint density at radius 3 is 2.71 bits per heavy atom. The fourth-order valence-corrected chi connectivity index (χ4v) is 2.64. The molecule has 0 saturated carbocycles. The molecule has 0 spiro atoms. The number of nitrogen functional groups attached to an aromatic ring is 1. The third-order valence-electron chi connectivity index (χ3n) is 3.77. The standard InChI is InChI=1S/C17H19N3O/c1-4-20-16-8-7-13(21-3)10-15(16)19-17(20)14-9-12(18)6-5-11(14)2/h5-10H,4,18H2,1-3H3. The van der Waals surface area contributed by atoms with Crippen LogP contribution in [0.15, 0.2) is 36.4 Å². The first kappa shape index (κ1) is 13.5. The van der Waals surface area contributed by atoms with Gasteiger partial charge in [0.05, 0.1) is 18.1 Å². The van der Waals surface area contributed by atoms with Gasteiger partial charge in [-0.15, -0.1) is 0 Å². The van der Waals surface area contributed by atoms with Gasteiger partial charge in [0.2, 0.25) is 0 Å². The van der Waals surface area contributed by atoms with E-state index in [2.05, 4.69) is 24.5 Å². The van der Waals surface area contributed by atoms with E-state index < -0.39 is 0 Å². The van der Waals surface area contributed by atoms with Gasteiger partial charge in [0.1, 0.15) is 11.6 Å². The molecule has 1 aromatic heterocycles. The number of rotatable bonds is 3. The van der Waals surface area contributed by atoms with E-state index in [1.165, 1.54) is 5.56 Å². The van der Waals surface area contributed by atoms with Crippen LogP contribution in [0.4, 0.5) is 5.69 Å². The molecule has 0 radical (unpaired) electrons. The highest BCUT2D eigenvalue weighted by atomic mass is 16.5. The average Bonchev–Trinajstić information content (AvgIpc) is 2.86. The van der Waals surface area contributed by atoms with Gasteiger partial charge in [-0.25, -0.2) is 4.98 Å². The van der Waals surface area contributed by atoms with Gasteiger partial charge in [-0.3, -0.25) is 0 Å². The molecular formula is C17H19N3O. The number of ether oxygens (including phenoxy) is 1. The van der Waals surface area contributed by atoms with E-state index in [0.717, 1.165) is 40.4 Å². The number of benzene rings is 2. The monoisotopic (exact) mass is 281 g/mol. The second kappa shape index (κ2) is 5.13. The second-order valence-corrected chi connectivity index (χ2v) is 5.11. The predicted molar refractivity (Wildman–Crippen MR) is 86.5 cm³/mol. The van der Waals surface area contributed by atoms with Gasteiger partial charge in [0.25, 0.3) is 0 Å². The van der Waals surface area contributed by atoms with Crippen molar-refractivity contribution in [1.82, 2.24) is 9.55 Å². The van der Waals surface area contributed by atoms with Crippen LogP contribution in [-0.4, -0.2) is 16.7 Å². The van der Waals surface area contributed by atoms with E-state index in [1.807, 2.05) is 30.3 Å². The Bertz CT molecular complexity index is 805. The molecule has 108 valence electrons. The Kier molecular flexibility index (Phi) is 3.29. The summed E-state index contributed by atoms with van der Waals surface area (Å²) < 4.78 is 7.49. The molecule has 2 N–H and O–H groups in total. The fraction of sp³-hybridized carbons (Fsp3) is 0.235. The molecule has 0 bridgehead atoms. The maximum absolute atomic E-state index is 5.94. The lowest BCUT2D eigenvalue weighted by Crippen LogP contribution is -1.99. The number of fused-ring (bicyclic) bond motifs is 1. The summed E-state index contributed by atoms with van der Waals surface area (Å²) >= 11 is 0. The van der Waals surface area contributed by atoms with Crippen LogP contribution in [0, 0.1) is 6.92 Å². The van der Waals surface area contributed by atoms with E-state index in [-0.39, 0.29) is 0 Å². The molecule has 0 saturated heterocycles. The molecule has 0 aliphatic heterocycles. The van der Waals surface area contributed by atoms with Gasteiger partial charge in [-0.05, 0) is 43.7 Å². The zero-order valence-electron chi connectivity index (χ0n) is 12.6. The summed E-state index contributed by atoms with van der Waals surface area (Å²) in [6.45, 7) is 5.05. The summed E-state index contributed by atoms with van der Waals surface area (Å²) in [7, 11) is 1.67. The zero-order valence-corrected chi connectivity index (χ0v) is 12.6. The molecule has 21 heavy (non-hydrogen) atoms. The summed E-state index contributed by atoms with van der Waals surface area (Å²) in [5, 5.41) is 0. The first-order valence-corrected chi connectivity index (χ1v) is 7.04. The van der Waals surface area contributed by atoms with Gasteiger partial charge in [0.15, 0.2) is 0 Å². The molecule has 0 atom stereocenters. The van der Waals surface area contributed by atoms with E-state index in [0.29, 0.717) is 0 Å². The van der Waals surface area contributed by atoms with Crippen LogP contribution in [0.3, 0.4) is 0 Å². The lowest BCUT2D eigenvalue weighted by molar-refractivity contribution is 0.415. The molecule has 3 aromatic rings. The van der Waals surface area contributed by atoms with Crippen LogP contribution in [0.1, 0.15) is 12.5 Å². The van der Waals surface area contributed by atoms with Crippen molar-refractivity contribution >= 4 is 16.7 Å². The van der Waals surface area contributed by atoms with Crippen LogP contribution < -0.4 is 10.5 Å². The number of hydrogen-bond donors (Lipinski definition) is 1. The topological polar surface area (TPSA) is 53.1 Å². The van der Waals surface area contributed by atoms with Crippen molar-refractivity contribution in [3.63, 3.8) is 0 Å². The molecule has 0 unspecified atom stereocenters. The highest BCUT2D eigenvalue weighted by Crippen LogP contribution is 2.30. The minimum absolute atomic E-state index is 0.753. The quantitative estimate of drug-likeness (QED) is 0.746. The molecule has 3 rings (SSSR count). The summed E-state index contributed by atoms with van der Waals surface area (Å²) in [5.41, 5.74) is 11.0. The Labute approximate surface area is 124 Å². The number of imidazole rings is 1. The van der Waals surface area contributed by atoms with Crippen molar-refractivity contribution in [2.75, 3.05) is 12.8 Å². The van der Waals surface area contributed by atoms with Crippen molar-refractivity contribution in [1.29, 1.82) is 0 Å². The molecule has 2 aromatic carbocycles. The van der Waals surface area contributed by atoms with Crippen LogP contribution in [0.5, 0.6) is 5.75 Å². The van der Waals surface area contributed by atoms with E-state index in [4.69, 9.17) is 15.5 Å². The lowest BCUT2D eigenvalue weighted by Gasteiger charge is -2.09. The summed E-state index contributed by atoms with van der Waals surface area (Å²) in [5.74, 6) is 1.77. The average molecular weight is 281 g/mol. The molecule has 0 aliphatic rings. The molecule has 0 aliphatic carbocycles. The van der Waals surface area contributed by atoms with Gasteiger partial charge < -0.3 is 15.0 Å². The van der Waals surface area contributed by atoms with E-state index in [1.54, 1.807) is 7.11 Å². The SMILES string of the molecule is CCn1c(-c2cc(N)ccc2C)nc2cc(OC)ccc21. The first-order valence-electron chi connectivity index (χ1n) is 7.04. The molecule has 4 heteroatoms. The Morgan fingerprint density at radius 2 is 2.00 bits per heavy atom. The lowest BCUT2D eigenvalue weighted by atomic mass is 10.1. The highest BCUT2D eigenvalue weighted by molar-refractivity contribution is 5.83. The van der Waals surface area contributed by atoms with Gasteiger partial charge in [-0.1, -0.05) is 6.07 Å². The molecule has 1 heterocycles. The number of methoxy groups -OCH3 is 1. The third kappa shape index (κ3) is 2.23. The Hall–Kier alpha value is -2.49. The van der Waals surface area contributed by atoms with Crippen molar-refractivity contribution in [2.24, 2.45) is 0 Å². The Morgan fingerprint density at radius 1 is 1.19 bits per heavy atom. The molecule has 4 nitrogen and oxygen atoms in total. The Balaban J connectivity index is 2.29. The van der Waals surface area contributed by atoms with Crippen molar-refractivity contribution < 1.29 is 4.74 Å². The van der Waals surface area contributed by atoms with Gasteiger partial charge in [-0.2, -0.15) is 0 Å². The van der Waals surface area contributed by atoms with Crippen molar-refractivity contribution in [3.05, 3.63) is 42.0 Å². The third-order valence-corrected chi connectivity index (χ3v) is 3.77. The fourth-order valence-electron chi connectivity index (χ4n) is 2.64. The van der Waals surface area contributed by atoms with E-state index >= 15 is 0 Å². The molecule has 0 fully saturated rings. The number of nitrogens with two attached hydrogens (primary N) is 1. The maximum Gasteiger partial charge on any atom is 0.141 e. The predicted octanol–water partition coefficient (Wildman–Crippen LogP) is 3.62. The van der Waals surface area contributed by atoms with Crippen molar-refractivity contribution in [3.8, 4) is 17.1 Å². The first-order chi connectivity index (χ1) is 10.1. The van der Waals surface area contributed by atoms with Crippen LogP contribution >= 0.6 is 0 Å². The number of aromatic nitrogens is 2. The summed E-state index contributed by atoms with van der Waals surface area (Å²) in [6.07, 6.45) is 0. The molecule has 0 amide bonds. The summed E-state index contributed by atoms with van der Waals surface area (Å²) in [4.78, 5) is 4.79. The minimum atomic E-state index is 0.753. The van der Waals surface area contributed by atoms with Crippen molar-refractivity contribution in [2.45, 2.75) is 20.4 Å². The normalized spacial score (nSPS) is 11.0. The highest BCUT2D eigenvalue weighted by Gasteiger charge is 2.14. The summed E-state index contributed by atoms with van der Waals surface area (Å²) in [6, 6.07) is 11.9. The smallest absolute Gasteiger partial charge is 0.141 e. The van der Waals surface area contributed by atoms with Crippen LogP contribution in [0.25, 0.3) is 22.4 Å². The second-order valence-electron chi connectivity index (χ2n) is 5.11.